The molecular formula is C7H13NaO5S. The van der Waals surface area contributed by atoms with E-state index in [1.54, 1.807) is 6.92 Å². The molecule has 0 rings (SSSR count). The van der Waals surface area contributed by atoms with Crippen LogP contribution in [0.3, 0.4) is 0 Å². The SMILES string of the molecule is CC=CC(=O)OS(=O)(=O)CCCO.[NaH]. The predicted octanol–water partition coefficient (Wildman–Crippen LogP) is -0.831. The van der Waals surface area contributed by atoms with Crippen LogP contribution in [0.2, 0.25) is 0 Å². The molecule has 0 aromatic carbocycles. The van der Waals surface area contributed by atoms with Crippen LogP contribution in [0.25, 0.3) is 0 Å². The van der Waals surface area contributed by atoms with Crippen LogP contribution in [0.5, 0.6) is 0 Å². The summed E-state index contributed by atoms with van der Waals surface area (Å²) in [5.41, 5.74) is 0. The summed E-state index contributed by atoms with van der Waals surface area (Å²) in [6, 6.07) is 0. The van der Waals surface area contributed by atoms with Gasteiger partial charge in [-0.3, -0.25) is 0 Å². The normalized spacial score (nSPS) is 11.0. The standard InChI is InChI=1S/C7H12O5S.Na.H/c1-2-4-7(9)12-13(10,11)6-3-5-8;;/h2,4,8H,3,5-6H2,1H3;;. The monoisotopic (exact) mass is 232 g/mol. The molecule has 0 aromatic heterocycles. The first-order valence-electron chi connectivity index (χ1n) is 3.71. The Morgan fingerprint density at radius 3 is 2.50 bits per heavy atom. The predicted molar refractivity (Wildman–Crippen MR) is 53.5 cm³/mol. The summed E-state index contributed by atoms with van der Waals surface area (Å²) >= 11 is 0. The third-order valence-electron chi connectivity index (χ3n) is 1.06. The van der Waals surface area contributed by atoms with E-state index in [1.165, 1.54) is 6.08 Å². The van der Waals surface area contributed by atoms with Gasteiger partial charge in [0.25, 0.3) is 0 Å². The van der Waals surface area contributed by atoms with Crippen LogP contribution >= 0.6 is 0 Å². The maximum atomic E-state index is 10.9. The molecule has 0 saturated heterocycles. The van der Waals surface area contributed by atoms with Gasteiger partial charge in [0.05, 0.1) is 5.75 Å². The molecule has 7 heteroatoms. The zero-order valence-electron chi connectivity index (χ0n) is 7.26. The molecule has 0 unspecified atom stereocenters. The van der Waals surface area contributed by atoms with Crippen LogP contribution in [0.4, 0.5) is 0 Å². The molecule has 0 fully saturated rings. The third kappa shape index (κ3) is 8.71. The van der Waals surface area contributed by atoms with Crippen LogP contribution in [-0.2, 0) is 19.1 Å². The molecule has 0 aromatic rings. The Morgan fingerprint density at radius 2 is 2.07 bits per heavy atom. The molecule has 0 aliphatic carbocycles. The first-order valence-corrected chi connectivity index (χ1v) is 5.29. The van der Waals surface area contributed by atoms with Crippen molar-refractivity contribution in [3.63, 3.8) is 0 Å². The van der Waals surface area contributed by atoms with Gasteiger partial charge in [-0.25, -0.2) is 4.79 Å². The number of allylic oxidation sites excluding steroid dienone is 1. The minimum atomic E-state index is -3.83. The number of rotatable bonds is 5. The fourth-order valence-corrected chi connectivity index (χ4v) is 1.44. The van der Waals surface area contributed by atoms with Crippen molar-refractivity contribution in [1.82, 2.24) is 0 Å². The molecule has 0 amide bonds. The molecule has 0 saturated carbocycles. The van der Waals surface area contributed by atoms with E-state index >= 15 is 0 Å². The molecule has 0 aliphatic rings. The van der Waals surface area contributed by atoms with Gasteiger partial charge in [-0.1, -0.05) is 6.08 Å². The number of aliphatic hydroxyl groups excluding tert-OH is 1. The number of hydrogen-bond acceptors (Lipinski definition) is 5. The van der Waals surface area contributed by atoms with Crippen molar-refractivity contribution in [2.45, 2.75) is 13.3 Å². The molecule has 14 heavy (non-hydrogen) atoms. The first kappa shape index (κ1) is 16.5. The van der Waals surface area contributed by atoms with Gasteiger partial charge in [-0.15, -0.1) is 0 Å². The van der Waals surface area contributed by atoms with Crippen molar-refractivity contribution < 1.29 is 22.5 Å². The zero-order chi connectivity index (χ0) is 10.3. The summed E-state index contributed by atoms with van der Waals surface area (Å²) in [6.07, 6.45) is 2.45. The second kappa shape index (κ2) is 8.43. The number of carbonyl (C=O) groups is 1. The molecule has 0 spiro atoms. The van der Waals surface area contributed by atoms with Gasteiger partial charge in [0.2, 0.25) is 0 Å². The van der Waals surface area contributed by atoms with E-state index < -0.39 is 16.1 Å². The van der Waals surface area contributed by atoms with E-state index in [2.05, 4.69) is 4.18 Å². The Labute approximate surface area is 106 Å². The van der Waals surface area contributed by atoms with E-state index in [-0.39, 0.29) is 48.3 Å². The summed E-state index contributed by atoms with van der Waals surface area (Å²) in [7, 11) is -3.83. The van der Waals surface area contributed by atoms with Crippen molar-refractivity contribution in [2.75, 3.05) is 12.4 Å². The van der Waals surface area contributed by atoms with Gasteiger partial charge >= 0.3 is 45.6 Å². The molecule has 1 N–H and O–H groups in total. The van der Waals surface area contributed by atoms with E-state index in [9.17, 15) is 13.2 Å². The van der Waals surface area contributed by atoms with Crippen LogP contribution in [0.15, 0.2) is 12.2 Å². The van der Waals surface area contributed by atoms with E-state index in [0.29, 0.717) is 0 Å². The molecule has 0 atom stereocenters. The van der Waals surface area contributed by atoms with Crippen molar-refractivity contribution >= 4 is 45.6 Å². The molecule has 0 radical (unpaired) electrons. The number of hydrogen-bond donors (Lipinski definition) is 1. The Balaban J connectivity index is 0. The van der Waals surface area contributed by atoms with E-state index in [0.717, 1.165) is 6.08 Å². The van der Waals surface area contributed by atoms with Gasteiger partial charge in [0, 0.05) is 12.7 Å². The van der Waals surface area contributed by atoms with Gasteiger partial charge in [-0.2, -0.15) is 8.42 Å². The Morgan fingerprint density at radius 1 is 1.50 bits per heavy atom. The summed E-state index contributed by atoms with van der Waals surface area (Å²) < 4.78 is 25.9. The third-order valence-corrected chi connectivity index (χ3v) is 2.27. The van der Waals surface area contributed by atoms with E-state index in [4.69, 9.17) is 5.11 Å². The number of aliphatic hydroxyl groups is 1. The average molecular weight is 232 g/mol. The van der Waals surface area contributed by atoms with Crippen molar-refractivity contribution in [3.8, 4) is 0 Å². The molecule has 78 valence electrons. The maximum absolute atomic E-state index is 10.9. The van der Waals surface area contributed by atoms with Gasteiger partial charge in [-0.05, 0) is 13.3 Å². The topological polar surface area (TPSA) is 80.7 Å². The second-order valence-electron chi connectivity index (χ2n) is 2.24. The van der Waals surface area contributed by atoms with Crippen molar-refractivity contribution in [3.05, 3.63) is 12.2 Å². The molecule has 0 heterocycles. The average Bonchev–Trinajstić information content (AvgIpc) is 2.00. The Hall–Kier alpha value is 0.120. The molecular weight excluding hydrogens is 219 g/mol. The summed E-state index contributed by atoms with van der Waals surface area (Å²) in [5.74, 6) is -1.27. The van der Waals surface area contributed by atoms with Gasteiger partial charge < -0.3 is 9.29 Å². The van der Waals surface area contributed by atoms with Crippen LogP contribution < -0.4 is 0 Å². The van der Waals surface area contributed by atoms with Crippen molar-refractivity contribution in [1.29, 1.82) is 0 Å². The zero-order valence-corrected chi connectivity index (χ0v) is 8.08. The van der Waals surface area contributed by atoms with Gasteiger partial charge in [0.1, 0.15) is 0 Å². The fourth-order valence-electron chi connectivity index (χ4n) is 0.572. The quantitative estimate of drug-likeness (QED) is 0.380. The molecule has 0 bridgehead atoms. The molecule has 5 nitrogen and oxygen atoms in total. The summed E-state index contributed by atoms with van der Waals surface area (Å²) in [6.45, 7) is 1.32. The van der Waals surface area contributed by atoms with E-state index in [1.807, 2.05) is 0 Å². The number of carbonyl (C=O) groups excluding carboxylic acids is 1. The summed E-state index contributed by atoms with van der Waals surface area (Å²) in [5, 5.41) is 8.35. The van der Waals surface area contributed by atoms with Gasteiger partial charge in [0.15, 0.2) is 0 Å². The summed E-state index contributed by atoms with van der Waals surface area (Å²) in [4.78, 5) is 10.7. The van der Waals surface area contributed by atoms with Crippen LogP contribution in [0, 0.1) is 0 Å². The fraction of sp³-hybridized carbons (Fsp3) is 0.571. The van der Waals surface area contributed by atoms with Crippen LogP contribution in [0.1, 0.15) is 13.3 Å². The minimum absolute atomic E-state index is 0. The molecule has 0 aliphatic heterocycles. The Kier molecular flexibility index (Phi) is 9.96. The first-order chi connectivity index (χ1) is 6.02. The van der Waals surface area contributed by atoms with Crippen molar-refractivity contribution in [2.24, 2.45) is 0 Å². The van der Waals surface area contributed by atoms with Crippen LogP contribution in [-0.4, -0.2) is 61.4 Å². The Bertz CT molecular complexity index is 282. The second-order valence-corrected chi connectivity index (χ2v) is 3.93.